The predicted octanol–water partition coefficient (Wildman–Crippen LogP) is 1.23. The first kappa shape index (κ1) is 15.0. The van der Waals surface area contributed by atoms with Crippen molar-refractivity contribution in [2.75, 3.05) is 18.4 Å². The molecule has 7 nitrogen and oxygen atoms in total. The number of carbonyl (C=O) groups excluding carboxylic acids is 1. The first-order chi connectivity index (χ1) is 10.2. The summed E-state index contributed by atoms with van der Waals surface area (Å²) in [5, 5.41) is 13.7. The predicted molar refractivity (Wildman–Crippen MR) is 80.1 cm³/mol. The number of hydrogen-bond donors (Lipinski definition) is 2. The number of pyridine rings is 1. The minimum atomic E-state index is -0.114. The average Bonchev–Trinajstić information content (AvgIpc) is 2.97. The summed E-state index contributed by atoms with van der Waals surface area (Å²) in [7, 11) is 0. The van der Waals surface area contributed by atoms with Gasteiger partial charge in [0.15, 0.2) is 0 Å². The van der Waals surface area contributed by atoms with E-state index in [1.165, 1.54) is 0 Å². The lowest BCUT2D eigenvalue weighted by atomic mass is 10.2. The second-order valence-corrected chi connectivity index (χ2v) is 4.68. The Morgan fingerprint density at radius 1 is 1.43 bits per heavy atom. The fraction of sp³-hybridized carbons (Fsp3) is 0.429. The van der Waals surface area contributed by atoms with Crippen molar-refractivity contribution in [3.8, 4) is 0 Å². The van der Waals surface area contributed by atoms with Gasteiger partial charge in [-0.25, -0.2) is 0 Å². The lowest BCUT2D eigenvalue weighted by Gasteiger charge is -2.11. The van der Waals surface area contributed by atoms with E-state index in [4.69, 9.17) is 0 Å². The SMILES string of the molecule is CCNc1cc(C)ncc1C(=O)NCCCn1ccnn1. The highest BCUT2D eigenvalue weighted by atomic mass is 16.1. The quantitative estimate of drug-likeness (QED) is 0.749. The van der Waals surface area contributed by atoms with E-state index in [2.05, 4.69) is 25.9 Å². The molecule has 21 heavy (non-hydrogen) atoms. The van der Waals surface area contributed by atoms with Crippen molar-refractivity contribution in [3.63, 3.8) is 0 Å². The molecule has 0 bridgehead atoms. The summed E-state index contributed by atoms with van der Waals surface area (Å²) < 4.78 is 1.74. The summed E-state index contributed by atoms with van der Waals surface area (Å²) >= 11 is 0. The average molecular weight is 288 g/mol. The Bertz CT molecular complexity index is 581. The van der Waals surface area contributed by atoms with E-state index in [-0.39, 0.29) is 5.91 Å². The van der Waals surface area contributed by atoms with Gasteiger partial charge in [0.05, 0.1) is 17.4 Å². The third-order valence-electron chi connectivity index (χ3n) is 2.97. The van der Waals surface area contributed by atoms with Crippen LogP contribution in [-0.2, 0) is 6.54 Å². The van der Waals surface area contributed by atoms with Crippen LogP contribution in [0.15, 0.2) is 24.7 Å². The Morgan fingerprint density at radius 3 is 3.00 bits per heavy atom. The molecule has 0 aliphatic carbocycles. The Balaban J connectivity index is 1.87. The van der Waals surface area contributed by atoms with Gasteiger partial charge in [-0.2, -0.15) is 0 Å². The zero-order chi connectivity index (χ0) is 15.1. The number of rotatable bonds is 7. The highest BCUT2D eigenvalue weighted by molar-refractivity contribution is 5.99. The maximum Gasteiger partial charge on any atom is 0.254 e. The molecule has 2 aromatic rings. The fourth-order valence-electron chi connectivity index (χ4n) is 1.97. The first-order valence-corrected chi connectivity index (χ1v) is 7.03. The zero-order valence-corrected chi connectivity index (χ0v) is 12.3. The van der Waals surface area contributed by atoms with Gasteiger partial charge in [0.1, 0.15) is 0 Å². The molecule has 0 unspecified atom stereocenters. The summed E-state index contributed by atoms with van der Waals surface area (Å²) in [4.78, 5) is 16.4. The number of anilines is 1. The number of nitrogens with one attached hydrogen (secondary N) is 2. The molecule has 112 valence electrons. The fourth-order valence-corrected chi connectivity index (χ4v) is 1.97. The number of aromatic nitrogens is 4. The van der Waals surface area contributed by atoms with Crippen LogP contribution < -0.4 is 10.6 Å². The van der Waals surface area contributed by atoms with E-state index < -0.39 is 0 Å². The lowest BCUT2D eigenvalue weighted by molar-refractivity contribution is 0.0953. The van der Waals surface area contributed by atoms with Crippen LogP contribution in [0.5, 0.6) is 0 Å². The topological polar surface area (TPSA) is 84.7 Å². The van der Waals surface area contributed by atoms with Crippen molar-refractivity contribution >= 4 is 11.6 Å². The minimum Gasteiger partial charge on any atom is -0.385 e. The molecule has 7 heteroatoms. The van der Waals surface area contributed by atoms with Crippen LogP contribution in [0.25, 0.3) is 0 Å². The van der Waals surface area contributed by atoms with Crippen LogP contribution in [0.1, 0.15) is 29.4 Å². The van der Waals surface area contributed by atoms with Crippen molar-refractivity contribution < 1.29 is 4.79 Å². The Hall–Kier alpha value is -2.44. The normalized spacial score (nSPS) is 10.4. The minimum absolute atomic E-state index is 0.114. The second kappa shape index (κ2) is 7.37. The monoisotopic (exact) mass is 288 g/mol. The van der Waals surface area contributed by atoms with Crippen molar-refractivity contribution in [2.45, 2.75) is 26.8 Å². The molecule has 2 aromatic heterocycles. The van der Waals surface area contributed by atoms with E-state index in [1.54, 1.807) is 23.3 Å². The molecule has 2 heterocycles. The van der Waals surface area contributed by atoms with E-state index in [9.17, 15) is 4.79 Å². The van der Waals surface area contributed by atoms with E-state index in [0.717, 1.165) is 30.9 Å². The molecule has 2 rings (SSSR count). The third-order valence-corrected chi connectivity index (χ3v) is 2.97. The molecule has 0 aromatic carbocycles. The second-order valence-electron chi connectivity index (χ2n) is 4.68. The van der Waals surface area contributed by atoms with Gasteiger partial charge in [0.25, 0.3) is 5.91 Å². The molecule has 2 N–H and O–H groups in total. The summed E-state index contributed by atoms with van der Waals surface area (Å²) in [6, 6.07) is 1.88. The molecule has 0 saturated carbocycles. The molecular weight excluding hydrogens is 268 g/mol. The van der Waals surface area contributed by atoms with Crippen LogP contribution in [0.2, 0.25) is 0 Å². The summed E-state index contributed by atoms with van der Waals surface area (Å²) in [6.45, 7) is 5.97. The molecule has 0 spiro atoms. The largest absolute Gasteiger partial charge is 0.385 e. The number of amides is 1. The summed E-state index contributed by atoms with van der Waals surface area (Å²) in [5.74, 6) is -0.114. The lowest BCUT2D eigenvalue weighted by Crippen LogP contribution is -2.26. The molecule has 0 atom stereocenters. The third kappa shape index (κ3) is 4.27. The van der Waals surface area contributed by atoms with Crippen molar-refractivity contribution in [1.29, 1.82) is 0 Å². The van der Waals surface area contributed by atoms with Crippen molar-refractivity contribution in [1.82, 2.24) is 25.3 Å². The molecule has 0 saturated heterocycles. The van der Waals surface area contributed by atoms with E-state index in [1.807, 2.05) is 19.9 Å². The van der Waals surface area contributed by atoms with Gasteiger partial charge in [-0.05, 0) is 26.3 Å². The van der Waals surface area contributed by atoms with Crippen LogP contribution in [0.4, 0.5) is 5.69 Å². The summed E-state index contributed by atoms with van der Waals surface area (Å²) in [6.07, 6.45) is 5.85. The Labute approximate surface area is 123 Å². The smallest absolute Gasteiger partial charge is 0.254 e. The molecule has 0 aliphatic heterocycles. The van der Waals surface area contributed by atoms with Gasteiger partial charge in [-0.15, -0.1) is 5.10 Å². The molecule has 0 fully saturated rings. The van der Waals surface area contributed by atoms with Crippen LogP contribution in [-0.4, -0.2) is 39.0 Å². The number of carbonyl (C=O) groups is 1. The van der Waals surface area contributed by atoms with Crippen molar-refractivity contribution in [3.05, 3.63) is 35.9 Å². The maximum absolute atomic E-state index is 12.2. The highest BCUT2D eigenvalue weighted by Gasteiger charge is 2.11. The number of nitrogens with zero attached hydrogens (tertiary/aromatic N) is 4. The van der Waals surface area contributed by atoms with Crippen LogP contribution >= 0.6 is 0 Å². The Kier molecular flexibility index (Phi) is 5.25. The van der Waals surface area contributed by atoms with E-state index in [0.29, 0.717) is 12.1 Å². The van der Waals surface area contributed by atoms with Gasteiger partial charge in [0, 0.05) is 37.7 Å². The Morgan fingerprint density at radius 2 is 2.29 bits per heavy atom. The zero-order valence-electron chi connectivity index (χ0n) is 12.3. The first-order valence-electron chi connectivity index (χ1n) is 7.03. The van der Waals surface area contributed by atoms with Gasteiger partial charge in [0.2, 0.25) is 0 Å². The van der Waals surface area contributed by atoms with Gasteiger partial charge < -0.3 is 10.6 Å². The van der Waals surface area contributed by atoms with E-state index >= 15 is 0 Å². The number of hydrogen-bond acceptors (Lipinski definition) is 5. The highest BCUT2D eigenvalue weighted by Crippen LogP contribution is 2.15. The number of aryl methyl sites for hydroxylation is 2. The molecular formula is C14H20N6O. The molecule has 1 amide bonds. The van der Waals surface area contributed by atoms with Crippen molar-refractivity contribution in [2.24, 2.45) is 0 Å². The maximum atomic E-state index is 12.2. The van der Waals surface area contributed by atoms with Crippen LogP contribution in [0, 0.1) is 6.92 Å². The van der Waals surface area contributed by atoms with Gasteiger partial charge in [-0.1, -0.05) is 5.21 Å². The summed E-state index contributed by atoms with van der Waals surface area (Å²) in [5.41, 5.74) is 2.27. The van der Waals surface area contributed by atoms with Gasteiger partial charge in [-0.3, -0.25) is 14.5 Å². The van der Waals surface area contributed by atoms with Crippen LogP contribution in [0.3, 0.4) is 0 Å². The molecule has 0 radical (unpaired) electrons. The van der Waals surface area contributed by atoms with Gasteiger partial charge >= 0.3 is 0 Å². The molecule has 0 aliphatic rings. The standard InChI is InChI=1S/C14H20N6O/c1-3-15-13-9-11(2)17-10-12(13)14(21)16-5-4-7-20-8-6-18-19-20/h6,8-10H,3-5,7H2,1-2H3,(H,15,17)(H,16,21).